The smallest absolute Gasteiger partial charge is 0.311 e. The SMILES string of the molecule is CC(C)(C)CCCC(=O)Oc1ccc(C(=O)Nc2cccnc2)cc1. The molecule has 2 rings (SSSR count). The summed E-state index contributed by atoms with van der Waals surface area (Å²) in [5.74, 6) is -0.0495. The molecule has 1 aromatic carbocycles. The fourth-order valence-corrected chi connectivity index (χ4v) is 2.26. The maximum absolute atomic E-state index is 12.1. The summed E-state index contributed by atoms with van der Waals surface area (Å²) in [6.45, 7) is 6.44. The van der Waals surface area contributed by atoms with Gasteiger partial charge in [-0.2, -0.15) is 0 Å². The second kappa shape index (κ2) is 8.42. The summed E-state index contributed by atoms with van der Waals surface area (Å²) in [7, 11) is 0. The number of aromatic nitrogens is 1. The van der Waals surface area contributed by atoms with Crippen LogP contribution >= 0.6 is 0 Å². The molecule has 2 aromatic rings. The van der Waals surface area contributed by atoms with Crippen LogP contribution in [0.4, 0.5) is 5.69 Å². The van der Waals surface area contributed by atoms with E-state index in [0.717, 1.165) is 12.8 Å². The molecule has 5 heteroatoms. The van der Waals surface area contributed by atoms with Crippen LogP contribution in [0, 0.1) is 5.41 Å². The molecule has 0 bridgehead atoms. The molecule has 1 heterocycles. The van der Waals surface area contributed by atoms with Crippen molar-refractivity contribution < 1.29 is 14.3 Å². The Kier molecular flexibility index (Phi) is 6.28. The van der Waals surface area contributed by atoms with Crippen LogP contribution in [0.3, 0.4) is 0 Å². The fourth-order valence-electron chi connectivity index (χ4n) is 2.26. The average molecular weight is 340 g/mol. The van der Waals surface area contributed by atoms with Gasteiger partial charge in [-0.1, -0.05) is 20.8 Å². The number of nitrogens with one attached hydrogen (secondary N) is 1. The van der Waals surface area contributed by atoms with Gasteiger partial charge in [0.25, 0.3) is 5.91 Å². The first-order valence-electron chi connectivity index (χ1n) is 8.36. The van der Waals surface area contributed by atoms with Crippen LogP contribution < -0.4 is 10.1 Å². The van der Waals surface area contributed by atoms with Crippen molar-refractivity contribution in [2.24, 2.45) is 5.41 Å². The molecule has 0 atom stereocenters. The van der Waals surface area contributed by atoms with Crippen molar-refractivity contribution in [2.75, 3.05) is 5.32 Å². The van der Waals surface area contributed by atoms with E-state index in [1.54, 1.807) is 48.8 Å². The minimum Gasteiger partial charge on any atom is -0.427 e. The third kappa shape index (κ3) is 6.75. The number of esters is 1. The highest BCUT2D eigenvalue weighted by molar-refractivity contribution is 6.04. The molecule has 0 aliphatic heterocycles. The van der Waals surface area contributed by atoms with E-state index in [0.29, 0.717) is 23.4 Å². The molecule has 1 N–H and O–H groups in total. The summed E-state index contributed by atoms with van der Waals surface area (Å²) in [4.78, 5) is 27.9. The van der Waals surface area contributed by atoms with Crippen LogP contribution in [0.15, 0.2) is 48.8 Å². The molecule has 0 saturated carbocycles. The lowest BCUT2D eigenvalue weighted by Gasteiger charge is -2.17. The maximum Gasteiger partial charge on any atom is 0.311 e. The zero-order valence-electron chi connectivity index (χ0n) is 14.9. The quantitative estimate of drug-likeness (QED) is 0.623. The molecule has 1 amide bonds. The van der Waals surface area contributed by atoms with Crippen molar-refractivity contribution in [1.29, 1.82) is 0 Å². The number of amides is 1. The van der Waals surface area contributed by atoms with Gasteiger partial charge in [-0.05, 0) is 54.7 Å². The summed E-state index contributed by atoms with van der Waals surface area (Å²) >= 11 is 0. The fraction of sp³-hybridized carbons (Fsp3) is 0.350. The number of nitrogens with zero attached hydrogens (tertiary/aromatic N) is 1. The maximum atomic E-state index is 12.1. The first-order chi connectivity index (χ1) is 11.8. The van der Waals surface area contributed by atoms with Gasteiger partial charge in [-0.15, -0.1) is 0 Å². The van der Waals surface area contributed by atoms with Crippen molar-refractivity contribution in [3.63, 3.8) is 0 Å². The van der Waals surface area contributed by atoms with Crippen LogP contribution in [0.5, 0.6) is 5.75 Å². The minimum atomic E-state index is -0.253. The molecule has 0 saturated heterocycles. The van der Waals surface area contributed by atoms with Crippen LogP contribution in [0.2, 0.25) is 0 Å². The predicted molar refractivity (Wildman–Crippen MR) is 97.6 cm³/mol. The van der Waals surface area contributed by atoms with E-state index >= 15 is 0 Å². The van der Waals surface area contributed by atoms with E-state index < -0.39 is 0 Å². The van der Waals surface area contributed by atoms with Gasteiger partial charge < -0.3 is 10.1 Å². The van der Waals surface area contributed by atoms with Gasteiger partial charge in [0.1, 0.15) is 5.75 Å². The number of carbonyl (C=O) groups excluding carboxylic acids is 2. The standard InChI is InChI=1S/C20H24N2O3/c1-20(2,3)12-4-7-18(23)25-17-10-8-15(9-11-17)19(24)22-16-6-5-13-21-14-16/h5-6,8-11,13-14H,4,7,12H2,1-3H3,(H,22,24). The number of pyridine rings is 1. The molecule has 0 aliphatic carbocycles. The molecule has 0 fully saturated rings. The summed E-state index contributed by atoms with van der Waals surface area (Å²) in [6.07, 6.45) is 5.37. The van der Waals surface area contributed by atoms with E-state index in [1.807, 2.05) is 0 Å². The number of hydrogen-bond donors (Lipinski definition) is 1. The topological polar surface area (TPSA) is 68.3 Å². The van der Waals surface area contributed by atoms with Gasteiger partial charge in [0.15, 0.2) is 0 Å². The van der Waals surface area contributed by atoms with Gasteiger partial charge in [0, 0.05) is 18.2 Å². The van der Waals surface area contributed by atoms with Crippen molar-refractivity contribution in [3.8, 4) is 5.75 Å². The zero-order chi connectivity index (χ0) is 18.3. The monoisotopic (exact) mass is 340 g/mol. The molecule has 1 aromatic heterocycles. The van der Waals surface area contributed by atoms with Crippen molar-refractivity contribution >= 4 is 17.6 Å². The van der Waals surface area contributed by atoms with Crippen LogP contribution in [0.25, 0.3) is 0 Å². The predicted octanol–water partition coefficient (Wildman–Crippen LogP) is 4.46. The van der Waals surface area contributed by atoms with Gasteiger partial charge in [-0.25, -0.2) is 0 Å². The number of anilines is 1. The minimum absolute atomic E-state index is 0.212. The van der Waals surface area contributed by atoms with E-state index in [9.17, 15) is 9.59 Å². The highest BCUT2D eigenvalue weighted by Gasteiger charge is 2.12. The number of hydrogen-bond acceptors (Lipinski definition) is 4. The lowest BCUT2D eigenvalue weighted by molar-refractivity contribution is -0.134. The molecule has 0 spiro atoms. The van der Waals surface area contributed by atoms with E-state index in [4.69, 9.17) is 4.74 Å². The summed E-state index contributed by atoms with van der Waals surface area (Å²) in [6, 6.07) is 10.0. The Morgan fingerprint density at radius 1 is 1.12 bits per heavy atom. The summed E-state index contributed by atoms with van der Waals surface area (Å²) in [5, 5.41) is 2.75. The lowest BCUT2D eigenvalue weighted by Crippen LogP contribution is -2.12. The molecule has 0 aliphatic rings. The van der Waals surface area contributed by atoms with Gasteiger partial charge >= 0.3 is 5.97 Å². The molecular weight excluding hydrogens is 316 g/mol. The number of carbonyl (C=O) groups is 2. The van der Waals surface area contributed by atoms with Crippen molar-refractivity contribution in [3.05, 3.63) is 54.4 Å². The summed E-state index contributed by atoms with van der Waals surface area (Å²) < 4.78 is 5.30. The molecule has 25 heavy (non-hydrogen) atoms. The van der Waals surface area contributed by atoms with Crippen molar-refractivity contribution in [1.82, 2.24) is 4.98 Å². The molecular formula is C20H24N2O3. The first-order valence-corrected chi connectivity index (χ1v) is 8.36. The Hall–Kier alpha value is -2.69. The Morgan fingerprint density at radius 2 is 1.84 bits per heavy atom. The molecule has 0 radical (unpaired) electrons. The van der Waals surface area contributed by atoms with E-state index in [-0.39, 0.29) is 17.3 Å². The molecule has 5 nitrogen and oxygen atoms in total. The third-order valence-corrected chi connectivity index (χ3v) is 3.58. The average Bonchev–Trinajstić information content (AvgIpc) is 2.55. The summed E-state index contributed by atoms with van der Waals surface area (Å²) in [5.41, 5.74) is 1.32. The third-order valence-electron chi connectivity index (χ3n) is 3.58. The number of benzene rings is 1. The first kappa shape index (κ1) is 18.6. The largest absolute Gasteiger partial charge is 0.427 e. The van der Waals surface area contributed by atoms with Gasteiger partial charge in [0.05, 0.1) is 11.9 Å². The van der Waals surface area contributed by atoms with Crippen LogP contribution in [0.1, 0.15) is 50.4 Å². The van der Waals surface area contributed by atoms with Gasteiger partial charge in [-0.3, -0.25) is 14.6 Å². The number of rotatable bonds is 6. The Labute approximate surface area is 148 Å². The Bertz CT molecular complexity index is 704. The lowest BCUT2D eigenvalue weighted by atomic mass is 9.90. The van der Waals surface area contributed by atoms with Crippen LogP contribution in [-0.4, -0.2) is 16.9 Å². The second-order valence-corrected chi connectivity index (χ2v) is 7.11. The van der Waals surface area contributed by atoms with Crippen molar-refractivity contribution in [2.45, 2.75) is 40.0 Å². The highest BCUT2D eigenvalue weighted by Crippen LogP contribution is 2.22. The Morgan fingerprint density at radius 3 is 2.44 bits per heavy atom. The second-order valence-electron chi connectivity index (χ2n) is 7.11. The Balaban J connectivity index is 1.85. The normalized spacial score (nSPS) is 11.0. The number of ether oxygens (including phenoxy) is 1. The highest BCUT2D eigenvalue weighted by atomic mass is 16.5. The molecule has 0 unspecified atom stereocenters. The van der Waals surface area contributed by atoms with Crippen LogP contribution in [-0.2, 0) is 4.79 Å². The zero-order valence-corrected chi connectivity index (χ0v) is 14.9. The van der Waals surface area contributed by atoms with E-state index in [2.05, 4.69) is 31.1 Å². The molecule has 132 valence electrons. The van der Waals surface area contributed by atoms with Gasteiger partial charge in [0.2, 0.25) is 0 Å². The van der Waals surface area contributed by atoms with E-state index in [1.165, 1.54) is 0 Å².